The fourth-order valence-corrected chi connectivity index (χ4v) is 3.13. The molecule has 0 amide bonds. The van der Waals surface area contributed by atoms with E-state index in [2.05, 4.69) is 61.5 Å². The Morgan fingerprint density at radius 3 is 2.05 bits per heavy atom. The summed E-state index contributed by atoms with van der Waals surface area (Å²) < 4.78 is 0. The Balaban J connectivity index is 2.33. The Bertz CT molecular complexity index is 967. The van der Waals surface area contributed by atoms with Gasteiger partial charge in [-0.25, -0.2) is 0 Å². The van der Waals surface area contributed by atoms with Gasteiger partial charge >= 0.3 is 0 Å². The molecule has 0 spiro atoms. The quantitative estimate of drug-likeness (QED) is 0.347. The van der Waals surface area contributed by atoms with Gasteiger partial charge in [0.05, 0.1) is 0 Å². The maximum absolute atomic E-state index is 6.25. The van der Waals surface area contributed by atoms with E-state index in [0.717, 1.165) is 11.1 Å². The normalized spacial score (nSPS) is 11.4. The molecule has 0 radical (unpaired) electrons. The van der Waals surface area contributed by atoms with Crippen LogP contribution < -0.4 is 5.73 Å². The highest BCUT2D eigenvalue weighted by Gasteiger charge is 2.07. The van der Waals surface area contributed by atoms with Crippen LogP contribution in [0.5, 0.6) is 0 Å². The van der Waals surface area contributed by atoms with E-state index in [1.807, 2.05) is 6.07 Å². The standard InChI is InChI=1S/C19H15N/c1-12-5-4-8-14-13(12)9-10-16-15-6-2-3-7-17(15)19(20)11-18(14)16/h2-11H,20H2,1H3. The molecule has 1 heteroatoms. The molecule has 0 fully saturated rings. The molecule has 0 saturated carbocycles. The number of fused-ring (bicyclic) bond motifs is 5. The van der Waals surface area contributed by atoms with Crippen LogP contribution in [-0.4, -0.2) is 0 Å². The number of aryl methyl sites for hydroxylation is 1. The molecule has 0 saturated heterocycles. The molecule has 0 aliphatic carbocycles. The average molecular weight is 257 g/mol. The minimum absolute atomic E-state index is 0.849. The third-order valence-electron chi connectivity index (χ3n) is 4.15. The van der Waals surface area contributed by atoms with E-state index < -0.39 is 0 Å². The van der Waals surface area contributed by atoms with Crippen molar-refractivity contribution >= 4 is 38.0 Å². The average Bonchev–Trinajstić information content (AvgIpc) is 2.48. The molecule has 96 valence electrons. The van der Waals surface area contributed by atoms with Gasteiger partial charge in [-0.15, -0.1) is 0 Å². The molecule has 0 atom stereocenters. The molecule has 2 N–H and O–H groups in total. The topological polar surface area (TPSA) is 26.0 Å². The van der Waals surface area contributed by atoms with Crippen LogP contribution in [0.1, 0.15) is 5.56 Å². The summed E-state index contributed by atoms with van der Waals surface area (Å²) in [6.07, 6.45) is 0. The van der Waals surface area contributed by atoms with Crippen molar-refractivity contribution < 1.29 is 0 Å². The van der Waals surface area contributed by atoms with E-state index in [1.165, 1.54) is 32.5 Å². The molecule has 20 heavy (non-hydrogen) atoms. The second kappa shape index (κ2) is 3.97. The van der Waals surface area contributed by atoms with E-state index in [9.17, 15) is 0 Å². The van der Waals surface area contributed by atoms with Crippen LogP contribution in [0.15, 0.2) is 60.7 Å². The van der Waals surface area contributed by atoms with Gasteiger partial charge in [-0.05, 0) is 45.5 Å². The zero-order valence-electron chi connectivity index (χ0n) is 11.4. The summed E-state index contributed by atoms with van der Waals surface area (Å²) in [5.74, 6) is 0. The summed E-state index contributed by atoms with van der Waals surface area (Å²) >= 11 is 0. The highest BCUT2D eigenvalue weighted by molar-refractivity contribution is 6.20. The summed E-state index contributed by atoms with van der Waals surface area (Å²) in [6.45, 7) is 2.15. The minimum Gasteiger partial charge on any atom is -0.398 e. The number of nitrogen functional groups attached to an aromatic ring is 1. The van der Waals surface area contributed by atoms with Gasteiger partial charge in [0.15, 0.2) is 0 Å². The van der Waals surface area contributed by atoms with Gasteiger partial charge in [-0.1, -0.05) is 54.6 Å². The predicted octanol–water partition coefficient (Wildman–Crippen LogP) is 5.04. The number of rotatable bonds is 0. The number of hydrogen-bond acceptors (Lipinski definition) is 1. The largest absolute Gasteiger partial charge is 0.398 e. The van der Waals surface area contributed by atoms with Crippen molar-refractivity contribution in [2.24, 2.45) is 0 Å². The highest BCUT2D eigenvalue weighted by atomic mass is 14.5. The number of benzene rings is 4. The lowest BCUT2D eigenvalue weighted by Crippen LogP contribution is -1.89. The molecule has 0 heterocycles. The molecule has 0 unspecified atom stereocenters. The molecule has 4 rings (SSSR count). The molecular weight excluding hydrogens is 242 g/mol. The zero-order valence-corrected chi connectivity index (χ0v) is 11.4. The van der Waals surface area contributed by atoms with Crippen molar-refractivity contribution in [1.29, 1.82) is 0 Å². The Hall–Kier alpha value is -2.54. The number of hydrogen-bond donors (Lipinski definition) is 1. The summed E-state index contributed by atoms with van der Waals surface area (Å²) in [4.78, 5) is 0. The van der Waals surface area contributed by atoms with Gasteiger partial charge in [0.2, 0.25) is 0 Å². The number of anilines is 1. The van der Waals surface area contributed by atoms with Crippen LogP contribution in [0.3, 0.4) is 0 Å². The van der Waals surface area contributed by atoms with Crippen LogP contribution in [0, 0.1) is 6.92 Å². The highest BCUT2D eigenvalue weighted by Crippen LogP contribution is 2.35. The summed E-state index contributed by atoms with van der Waals surface area (Å²) in [5, 5.41) is 7.45. The second-order valence-electron chi connectivity index (χ2n) is 5.34. The first-order chi connectivity index (χ1) is 9.75. The Morgan fingerprint density at radius 1 is 0.600 bits per heavy atom. The molecule has 4 aromatic rings. The SMILES string of the molecule is Cc1cccc2c1ccc1c3ccccc3c(N)cc21. The monoisotopic (exact) mass is 257 g/mol. The fourth-order valence-electron chi connectivity index (χ4n) is 3.13. The first-order valence-electron chi connectivity index (χ1n) is 6.85. The van der Waals surface area contributed by atoms with Crippen molar-refractivity contribution in [1.82, 2.24) is 0 Å². The molecular formula is C19H15N. The van der Waals surface area contributed by atoms with Crippen LogP contribution in [0.2, 0.25) is 0 Å². The van der Waals surface area contributed by atoms with Gasteiger partial charge in [0.1, 0.15) is 0 Å². The summed E-state index contributed by atoms with van der Waals surface area (Å²) in [7, 11) is 0. The van der Waals surface area contributed by atoms with Crippen molar-refractivity contribution in [2.75, 3.05) is 5.73 Å². The lowest BCUT2D eigenvalue weighted by Gasteiger charge is -2.11. The van der Waals surface area contributed by atoms with E-state index >= 15 is 0 Å². The molecule has 0 aromatic heterocycles. The van der Waals surface area contributed by atoms with Gasteiger partial charge in [0.25, 0.3) is 0 Å². The van der Waals surface area contributed by atoms with E-state index in [4.69, 9.17) is 5.73 Å². The van der Waals surface area contributed by atoms with Crippen LogP contribution >= 0.6 is 0 Å². The zero-order chi connectivity index (χ0) is 13.7. The lowest BCUT2D eigenvalue weighted by molar-refractivity contribution is 1.54. The Kier molecular flexibility index (Phi) is 2.25. The van der Waals surface area contributed by atoms with E-state index in [0.29, 0.717) is 0 Å². The third-order valence-corrected chi connectivity index (χ3v) is 4.15. The Morgan fingerprint density at radius 2 is 1.20 bits per heavy atom. The van der Waals surface area contributed by atoms with Crippen LogP contribution in [-0.2, 0) is 0 Å². The molecule has 4 aromatic carbocycles. The Labute approximate surface area is 117 Å². The van der Waals surface area contributed by atoms with E-state index in [1.54, 1.807) is 0 Å². The van der Waals surface area contributed by atoms with Crippen molar-refractivity contribution in [3.8, 4) is 0 Å². The van der Waals surface area contributed by atoms with Gasteiger partial charge < -0.3 is 5.73 Å². The summed E-state index contributed by atoms with van der Waals surface area (Å²) in [5.41, 5.74) is 8.40. The van der Waals surface area contributed by atoms with Gasteiger partial charge in [-0.2, -0.15) is 0 Å². The number of nitrogens with two attached hydrogens (primary N) is 1. The third kappa shape index (κ3) is 1.44. The van der Waals surface area contributed by atoms with Crippen LogP contribution in [0.4, 0.5) is 5.69 Å². The van der Waals surface area contributed by atoms with Crippen molar-refractivity contribution in [2.45, 2.75) is 6.92 Å². The second-order valence-corrected chi connectivity index (χ2v) is 5.34. The van der Waals surface area contributed by atoms with Gasteiger partial charge in [-0.3, -0.25) is 0 Å². The first-order valence-corrected chi connectivity index (χ1v) is 6.85. The minimum atomic E-state index is 0.849. The molecule has 1 nitrogen and oxygen atoms in total. The molecule has 0 bridgehead atoms. The predicted molar refractivity (Wildman–Crippen MR) is 88.1 cm³/mol. The fraction of sp³-hybridized carbons (Fsp3) is 0.0526. The smallest absolute Gasteiger partial charge is 0.0400 e. The van der Waals surface area contributed by atoms with Crippen molar-refractivity contribution in [3.63, 3.8) is 0 Å². The summed E-state index contributed by atoms with van der Waals surface area (Å²) in [6, 6.07) is 21.3. The maximum Gasteiger partial charge on any atom is 0.0400 e. The van der Waals surface area contributed by atoms with Crippen molar-refractivity contribution in [3.05, 3.63) is 66.2 Å². The lowest BCUT2D eigenvalue weighted by atomic mass is 9.94. The molecule has 0 aliphatic heterocycles. The molecule has 0 aliphatic rings. The van der Waals surface area contributed by atoms with E-state index in [-0.39, 0.29) is 0 Å². The van der Waals surface area contributed by atoms with Crippen LogP contribution in [0.25, 0.3) is 32.3 Å². The van der Waals surface area contributed by atoms with Gasteiger partial charge in [0, 0.05) is 11.1 Å². The maximum atomic E-state index is 6.25. The first kappa shape index (κ1) is 11.3.